The number of nitrogens with one attached hydrogen (secondary N) is 2. The number of carbonyl (C=O) groups excluding carboxylic acids is 1. The number of rotatable bonds is 4. The molecule has 0 saturated heterocycles. The van der Waals surface area contributed by atoms with Crippen LogP contribution >= 0.6 is 0 Å². The minimum Gasteiger partial charge on any atom is -0.361 e. The number of aromatic nitrogens is 2. The van der Waals surface area contributed by atoms with Gasteiger partial charge in [-0.3, -0.25) is 9.69 Å². The van der Waals surface area contributed by atoms with Gasteiger partial charge in [-0.05, 0) is 35.7 Å². The summed E-state index contributed by atoms with van der Waals surface area (Å²) in [6.45, 7) is 3.64. The molecule has 2 aromatic heterocycles. The van der Waals surface area contributed by atoms with Crippen LogP contribution in [0.4, 0.5) is 0 Å². The molecule has 0 spiro atoms. The van der Waals surface area contributed by atoms with Gasteiger partial charge in [-0.1, -0.05) is 12.1 Å². The maximum absolute atomic E-state index is 11.9. The molecule has 0 bridgehead atoms. The van der Waals surface area contributed by atoms with E-state index in [0.717, 1.165) is 26.2 Å². The smallest absolute Gasteiger partial charge is 0.220 e. The average Bonchev–Trinajstić information content (AvgIpc) is 3.22. The number of carbonyl (C=O) groups is 1. The summed E-state index contributed by atoms with van der Waals surface area (Å²) in [6.07, 6.45) is 4.69. The largest absolute Gasteiger partial charge is 0.361 e. The predicted octanol–water partition coefficient (Wildman–Crippen LogP) is 2.74. The minimum absolute atomic E-state index is 0.119. The number of amides is 1. The Hall–Kier alpha value is -2.53. The van der Waals surface area contributed by atoms with Crippen molar-refractivity contribution in [2.24, 2.45) is 5.92 Å². The van der Waals surface area contributed by atoms with Gasteiger partial charge in [0.2, 0.25) is 5.91 Å². The Morgan fingerprint density at radius 1 is 1.24 bits per heavy atom. The van der Waals surface area contributed by atoms with E-state index in [9.17, 15) is 4.79 Å². The number of benzene rings is 1. The van der Waals surface area contributed by atoms with Crippen LogP contribution in [0, 0.1) is 5.92 Å². The van der Waals surface area contributed by atoms with Gasteiger partial charge >= 0.3 is 0 Å². The van der Waals surface area contributed by atoms with Crippen LogP contribution in [0.1, 0.15) is 17.7 Å². The van der Waals surface area contributed by atoms with Gasteiger partial charge < -0.3 is 14.9 Å². The lowest BCUT2D eigenvalue weighted by atomic mass is 10.0. The van der Waals surface area contributed by atoms with Crippen LogP contribution in [0.5, 0.6) is 0 Å². The molecule has 0 fully saturated rings. The fourth-order valence-corrected chi connectivity index (χ4v) is 3.91. The number of H-pyrrole nitrogens is 1. The van der Waals surface area contributed by atoms with Crippen molar-refractivity contribution in [3.8, 4) is 0 Å². The highest BCUT2D eigenvalue weighted by Crippen LogP contribution is 2.24. The van der Waals surface area contributed by atoms with Crippen LogP contribution in [-0.2, 0) is 24.4 Å². The highest BCUT2D eigenvalue weighted by Gasteiger charge is 2.23. The topological polar surface area (TPSA) is 53.1 Å². The van der Waals surface area contributed by atoms with Gasteiger partial charge in [0.15, 0.2) is 0 Å². The number of hydrogen-bond donors (Lipinski definition) is 2. The first kappa shape index (κ1) is 16.0. The van der Waals surface area contributed by atoms with Gasteiger partial charge in [-0.15, -0.1) is 0 Å². The molecule has 1 aliphatic rings. The van der Waals surface area contributed by atoms with Crippen molar-refractivity contribution in [3.05, 3.63) is 60.0 Å². The van der Waals surface area contributed by atoms with Gasteiger partial charge in [0, 0.05) is 68.6 Å². The molecule has 130 valence electrons. The first-order valence-corrected chi connectivity index (χ1v) is 8.85. The van der Waals surface area contributed by atoms with Gasteiger partial charge in [0.05, 0.1) is 0 Å². The Morgan fingerprint density at radius 2 is 2.16 bits per heavy atom. The molecule has 3 heterocycles. The predicted molar refractivity (Wildman–Crippen MR) is 99.0 cm³/mol. The number of aromatic amines is 1. The first-order valence-electron chi connectivity index (χ1n) is 8.85. The molecule has 2 N–H and O–H groups in total. The van der Waals surface area contributed by atoms with E-state index in [4.69, 9.17) is 0 Å². The summed E-state index contributed by atoms with van der Waals surface area (Å²) in [4.78, 5) is 17.7. The van der Waals surface area contributed by atoms with Crippen LogP contribution in [0.25, 0.3) is 10.9 Å². The molecule has 0 saturated carbocycles. The summed E-state index contributed by atoms with van der Waals surface area (Å²) < 4.78 is 2.30. The van der Waals surface area contributed by atoms with Gasteiger partial charge in [0.25, 0.3) is 0 Å². The molecule has 0 unspecified atom stereocenters. The van der Waals surface area contributed by atoms with Crippen molar-refractivity contribution in [2.75, 3.05) is 13.6 Å². The molecule has 4 rings (SSSR count). The molecule has 25 heavy (non-hydrogen) atoms. The van der Waals surface area contributed by atoms with Crippen molar-refractivity contribution in [1.82, 2.24) is 19.8 Å². The van der Waals surface area contributed by atoms with Gasteiger partial charge in [-0.2, -0.15) is 0 Å². The lowest BCUT2D eigenvalue weighted by Gasteiger charge is -2.24. The fourth-order valence-electron chi connectivity index (χ4n) is 3.91. The standard InChI is InChI=1S/C20H24N4O/c1-21-20(25)10-15-11-23(14-17-5-3-9-24(17)12-15)13-16-4-2-6-19-18(16)7-8-22-19/h2-9,15,22H,10-14H2,1H3,(H,21,25)/t15-/m0/s1. The third-order valence-corrected chi connectivity index (χ3v) is 5.11. The Morgan fingerprint density at radius 3 is 3.04 bits per heavy atom. The minimum atomic E-state index is 0.119. The highest BCUT2D eigenvalue weighted by molar-refractivity contribution is 5.82. The molecular formula is C20H24N4O. The molecule has 1 aliphatic heterocycles. The molecule has 1 amide bonds. The number of nitrogens with zero attached hydrogens (tertiary/aromatic N) is 2. The lowest BCUT2D eigenvalue weighted by molar-refractivity contribution is -0.121. The van der Waals surface area contributed by atoms with Crippen LogP contribution < -0.4 is 5.32 Å². The van der Waals surface area contributed by atoms with E-state index in [-0.39, 0.29) is 5.91 Å². The van der Waals surface area contributed by atoms with Gasteiger partial charge in [-0.25, -0.2) is 0 Å². The summed E-state index contributed by atoms with van der Waals surface area (Å²) in [6, 6.07) is 12.9. The highest BCUT2D eigenvalue weighted by atomic mass is 16.1. The van der Waals surface area contributed by atoms with Crippen LogP contribution in [-0.4, -0.2) is 34.0 Å². The van der Waals surface area contributed by atoms with Crippen LogP contribution in [0.15, 0.2) is 48.8 Å². The van der Waals surface area contributed by atoms with Crippen LogP contribution in [0.2, 0.25) is 0 Å². The molecule has 0 aliphatic carbocycles. The van der Waals surface area contributed by atoms with Crippen molar-refractivity contribution < 1.29 is 4.79 Å². The summed E-state index contributed by atoms with van der Waals surface area (Å²) in [5.74, 6) is 0.437. The maximum Gasteiger partial charge on any atom is 0.220 e. The van der Waals surface area contributed by atoms with E-state index in [1.165, 1.54) is 22.2 Å². The molecule has 1 atom stereocenters. The molecule has 5 nitrogen and oxygen atoms in total. The molecular weight excluding hydrogens is 312 g/mol. The molecule has 5 heteroatoms. The summed E-state index contributed by atoms with van der Waals surface area (Å²) in [5, 5.41) is 4.05. The SMILES string of the molecule is CNC(=O)C[C@H]1CN(Cc2cccc3[nH]ccc23)Cc2cccn2C1. The first-order chi connectivity index (χ1) is 12.2. The zero-order valence-electron chi connectivity index (χ0n) is 14.5. The Kier molecular flexibility index (Phi) is 4.32. The summed E-state index contributed by atoms with van der Waals surface area (Å²) >= 11 is 0. The second kappa shape index (κ2) is 6.76. The molecule has 3 aromatic rings. The third kappa shape index (κ3) is 3.33. The monoisotopic (exact) mass is 336 g/mol. The van der Waals surface area contributed by atoms with E-state index in [0.29, 0.717) is 12.3 Å². The fraction of sp³-hybridized carbons (Fsp3) is 0.350. The molecule has 1 aromatic carbocycles. The van der Waals surface area contributed by atoms with E-state index >= 15 is 0 Å². The maximum atomic E-state index is 11.9. The molecule has 0 radical (unpaired) electrons. The van der Waals surface area contributed by atoms with Crippen molar-refractivity contribution in [2.45, 2.75) is 26.1 Å². The third-order valence-electron chi connectivity index (χ3n) is 5.11. The van der Waals surface area contributed by atoms with Crippen molar-refractivity contribution in [3.63, 3.8) is 0 Å². The zero-order valence-corrected chi connectivity index (χ0v) is 14.5. The lowest BCUT2D eigenvalue weighted by Crippen LogP contribution is -2.31. The van der Waals surface area contributed by atoms with E-state index in [2.05, 4.69) is 62.4 Å². The average molecular weight is 336 g/mol. The quantitative estimate of drug-likeness (QED) is 0.770. The normalized spacial score (nSPS) is 18.0. The van der Waals surface area contributed by atoms with Gasteiger partial charge in [0.1, 0.15) is 0 Å². The second-order valence-electron chi connectivity index (χ2n) is 6.92. The summed E-state index contributed by atoms with van der Waals surface area (Å²) in [7, 11) is 1.71. The number of fused-ring (bicyclic) bond motifs is 2. The zero-order chi connectivity index (χ0) is 17.2. The van der Waals surface area contributed by atoms with E-state index in [1.54, 1.807) is 7.05 Å². The second-order valence-corrected chi connectivity index (χ2v) is 6.92. The van der Waals surface area contributed by atoms with E-state index < -0.39 is 0 Å². The Bertz CT molecular complexity index is 879. The number of hydrogen-bond acceptors (Lipinski definition) is 2. The van der Waals surface area contributed by atoms with Crippen molar-refractivity contribution in [1.29, 1.82) is 0 Å². The van der Waals surface area contributed by atoms with Crippen LogP contribution in [0.3, 0.4) is 0 Å². The van der Waals surface area contributed by atoms with E-state index in [1.807, 2.05) is 6.20 Å². The summed E-state index contributed by atoms with van der Waals surface area (Å²) in [5.41, 5.74) is 3.83. The Balaban J connectivity index is 1.59. The van der Waals surface area contributed by atoms with Crippen molar-refractivity contribution >= 4 is 16.8 Å². The Labute approximate surface area is 147 Å².